The standard InChI is InChI=1S/C15H20N2O/c1-4-9-16-15(18)10-13-11(2)17(3)14-8-6-5-7-12(13)14/h5-8H,4,9-10H2,1-3H3,(H,16,18). The minimum atomic E-state index is 0.108. The lowest BCUT2D eigenvalue weighted by atomic mass is 10.1. The summed E-state index contributed by atoms with van der Waals surface area (Å²) in [5, 5.41) is 4.12. The fourth-order valence-corrected chi connectivity index (χ4v) is 2.31. The van der Waals surface area contributed by atoms with Crippen LogP contribution in [0, 0.1) is 6.92 Å². The fraction of sp³-hybridized carbons (Fsp3) is 0.400. The molecule has 0 bridgehead atoms. The van der Waals surface area contributed by atoms with Crippen LogP contribution in [0.15, 0.2) is 24.3 Å². The van der Waals surface area contributed by atoms with Crippen LogP contribution < -0.4 is 5.32 Å². The normalized spacial score (nSPS) is 10.8. The van der Waals surface area contributed by atoms with Gasteiger partial charge < -0.3 is 9.88 Å². The zero-order valence-corrected chi connectivity index (χ0v) is 11.3. The molecule has 0 saturated heterocycles. The molecule has 0 radical (unpaired) electrons. The molecule has 2 aromatic rings. The van der Waals surface area contributed by atoms with Gasteiger partial charge in [-0.05, 0) is 25.0 Å². The monoisotopic (exact) mass is 244 g/mol. The van der Waals surface area contributed by atoms with Crippen LogP contribution in [0.1, 0.15) is 24.6 Å². The van der Waals surface area contributed by atoms with Crippen molar-refractivity contribution in [1.29, 1.82) is 0 Å². The van der Waals surface area contributed by atoms with E-state index in [9.17, 15) is 4.79 Å². The van der Waals surface area contributed by atoms with E-state index >= 15 is 0 Å². The molecular formula is C15H20N2O. The Kier molecular flexibility index (Phi) is 3.70. The molecule has 3 nitrogen and oxygen atoms in total. The van der Waals surface area contributed by atoms with Gasteiger partial charge in [0.2, 0.25) is 5.91 Å². The highest BCUT2D eigenvalue weighted by Crippen LogP contribution is 2.24. The molecule has 1 heterocycles. The summed E-state index contributed by atoms with van der Waals surface area (Å²) in [6.45, 7) is 4.88. The van der Waals surface area contributed by atoms with Crippen LogP contribution >= 0.6 is 0 Å². The van der Waals surface area contributed by atoms with Crippen molar-refractivity contribution < 1.29 is 4.79 Å². The summed E-state index contributed by atoms with van der Waals surface area (Å²) >= 11 is 0. The number of hydrogen-bond donors (Lipinski definition) is 1. The Morgan fingerprint density at radius 1 is 1.33 bits per heavy atom. The summed E-state index contributed by atoms with van der Waals surface area (Å²) < 4.78 is 2.15. The Balaban J connectivity index is 2.33. The smallest absolute Gasteiger partial charge is 0.224 e. The molecule has 0 fully saturated rings. The number of para-hydroxylation sites is 1. The highest BCUT2D eigenvalue weighted by molar-refractivity contribution is 5.90. The molecule has 0 aliphatic heterocycles. The summed E-state index contributed by atoms with van der Waals surface area (Å²) in [7, 11) is 2.05. The van der Waals surface area contributed by atoms with Crippen molar-refractivity contribution in [3.8, 4) is 0 Å². The van der Waals surface area contributed by atoms with E-state index in [0.29, 0.717) is 6.42 Å². The number of benzene rings is 1. The number of rotatable bonds is 4. The minimum absolute atomic E-state index is 0.108. The molecule has 0 saturated carbocycles. The molecule has 1 N–H and O–H groups in total. The van der Waals surface area contributed by atoms with E-state index in [0.717, 1.165) is 18.5 Å². The quantitative estimate of drug-likeness (QED) is 0.881. The SMILES string of the molecule is CCCNC(=O)Cc1c(C)n(C)c2ccccc12. The Bertz CT molecular complexity index is 569. The number of amides is 1. The molecule has 0 unspecified atom stereocenters. The van der Waals surface area contributed by atoms with Crippen LogP contribution in [0.3, 0.4) is 0 Å². The molecule has 0 spiro atoms. The van der Waals surface area contributed by atoms with Crippen molar-refractivity contribution in [2.75, 3.05) is 6.54 Å². The van der Waals surface area contributed by atoms with Gasteiger partial charge in [0.05, 0.1) is 6.42 Å². The molecule has 96 valence electrons. The van der Waals surface area contributed by atoms with Gasteiger partial charge in [-0.1, -0.05) is 25.1 Å². The number of aromatic nitrogens is 1. The average molecular weight is 244 g/mol. The lowest BCUT2D eigenvalue weighted by Gasteiger charge is -2.04. The van der Waals surface area contributed by atoms with E-state index in [2.05, 4.69) is 35.9 Å². The largest absolute Gasteiger partial charge is 0.356 e. The van der Waals surface area contributed by atoms with Crippen LogP contribution in [-0.4, -0.2) is 17.0 Å². The predicted octanol–water partition coefficient (Wildman–Crippen LogP) is 2.56. The van der Waals surface area contributed by atoms with Crippen molar-refractivity contribution in [3.63, 3.8) is 0 Å². The fourth-order valence-electron chi connectivity index (χ4n) is 2.31. The summed E-state index contributed by atoms with van der Waals surface area (Å²) in [5.74, 6) is 0.108. The summed E-state index contributed by atoms with van der Waals surface area (Å²) in [6.07, 6.45) is 1.44. The number of carbonyl (C=O) groups is 1. The van der Waals surface area contributed by atoms with E-state index in [1.807, 2.05) is 19.2 Å². The first-order valence-electron chi connectivity index (χ1n) is 6.44. The van der Waals surface area contributed by atoms with Gasteiger partial charge >= 0.3 is 0 Å². The van der Waals surface area contributed by atoms with Crippen molar-refractivity contribution in [1.82, 2.24) is 9.88 Å². The van der Waals surface area contributed by atoms with Gasteiger partial charge in [0.25, 0.3) is 0 Å². The topological polar surface area (TPSA) is 34.0 Å². The zero-order chi connectivity index (χ0) is 13.1. The maximum absolute atomic E-state index is 11.9. The first-order valence-corrected chi connectivity index (χ1v) is 6.44. The molecule has 1 amide bonds. The minimum Gasteiger partial charge on any atom is -0.356 e. The van der Waals surface area contributed by atoms with Crippen LogP contribution in [-0.2, 0) is 18.3 Å². The van der Waals surface area contributed by atoms with E-state index < -0.39 is 0 Å². The number of fused-ring (bicyclic) bond motifs is 1. The highest BCUT2D eigenvalue weighted by Gasteiger charge is 2.13. The van der Waals surface area contributed by atoms with E-state index in [-0.39, 0.29) is 5.91 Å². The molecule has 1 aromatic carbocycles. The number of hydrogen-bond acceptors (Lipinski definition) is 1. The Morgan fingerprint density at radius 2 is 2.06 bits per heavy atom. The third-order valence-electron chi connectivity index (χ3n) is 3.44. The first-order chi connectivity index (χ1) is 8.65. The lowest BCUT2D eigenvalue weighted by molar-refractivity contribution is -0.120. The molecule has 1 aromatic heterocycles. The second kappa shape index (κ2) is 5.25. The summed E-state index contributed by atoms with van der Waals surface area (Å²) in [6, 6.07) is 8.23. The lowest BCUT2D eigenvalue weighted by Crippen LogP contribution is -2.25. The van der Waals surface area contributed by atoms with Crippen LogP contribution in [0.4, 0.5) is 0 Å². The predicted molar refractivity (Wildman–Crippen MR) is 74.7 cm³/mol. The van der Waals surface area contributed by atoms with Crippen LogP contribution in [0.25, 0.3) is 10.9 Å². The molecule has 0 atom stereocenters. The maximum atomic E-state index is 11.9. The van der Waals surface area contributed by atoms with Crippen LogP contribution in [0.5, 0.6) is 0 Å². The van der Waals surface area contributed by atoms with Gasteiger partial charge in [-0.2, -0.15) is 0 Å². The summed E-state index contributed by atoms with van der Waals surface area (Å²) in [4.78, 5) is 11.9. The van der Waals surface area contributed by atoms with Gasteiger partial charge in [-0.3, -0.25) is 4.79 Å². The Hall–Kier alpha value is -1.77. The molecular weight excluding hydrogens is 224 g/mol. The number of carbonyl (C=O) groups excluding carboxylic acids is 1. The van der Waals surface area contributed by atoms with E-state index in [1.54, 1.807) is 0 Å². The van der Waals surface area contributed by atoms with Gasteiger partial charge in [0.15, 0.2) is 0 Å². The third kappa shape index (κ3) is 2.26. The molecule has 0 aliphatic rings. The maximum Gasteiger partial charge on any atom is 0.224 e. The van der Waals surface area contributed by atoms with E-state index in [4.69, 9.17) is 0 Å². The molecule has 0 aliphatic carbocycles. The number of nitrogens with zero attached hydrogens (tertiary/aromatic N) is 1. The van der Waals surface area contributed by atoms with Gasteiger partial charge in [-0.15, -0.1) is 0 Å². The number of aryl methyl sites for hydroxylation is 1. The highest BCUT2D eigenvalue weighted by atomic mass is 16.1. The molecule has 2 rings (SSSR count). The zero-order valence-electron chi connectivity index (χ0n) is 11.3. The molecule has 3 heteroatoms. The molecule has 18 heavy (non-hydrogen) atoms. The van der Waals surface area contributed by atoms with Crippen LogP contribution in [0.2, 0.25) is 0 Å². The van der Waals surface area contributed by atoms with Crippen molar-refractivity contribution >= 4 is 16.8 Å². The van der Waals surface area contributed by atoms with Gasteiger partial charge in [0.1, 0.15) is 0 Å². The summed E-state index contributed by atoms with van der Waals surface area (Å²) in [5.41, 5.74) is 3.50. The second-order valence-corrected chi connectivity index (χ2v) is 4.67. The van der Waals surface area contributed by atoms with Crippen molar-refractivity contribution in [2.24, 2.45) is 7.05 Å². The van der Waals surface area contributed by atoms with Crippen molar-refractivity contribution in [2.45, 2.75) is 26.7 Å². The van der Waals surface area contributed by atoms with Crippen molar-refractivity contribution in [3.05, 3.63) is 35.5 Å². The second-order valence-electron chi connectivity index (χ2n) is 4.67. The Morgan fingerprint density at radius 3 is 2.78 bits per heavy atom. The Labute approximate surface area is 108 Å². The van der Waals surface area contributed by atoms with Gasteiger partial charge in [-0.25, -0.2) is 0 Å². The van der Waals surface area contributed by atoms with Gasteiger partial charge in [0, 0.05) is 30.2 Å². The van der Waals surface area contributed by atoms with E-state index in [1.165, 1.54) is 16.6 Å². The average Bonchev–Trinajstić information content (AvgIpc) is 2.62. The third-order valence-corrected chi connectivity index (χ3v) is 3.44. The first kappa shape index (κ1) is 12.7. The number of nitrogens with one attached hydrogen (secondary N) is 1.